The topological polar surface area (TPSA) is 55.1 Å². The van der Waals surface area contributed by atoms with Gasteiger partial charge in [0, 0.05) is 16.7 Å². The molecule has 1 atom stereocenters. The second kappa shape index (κ2) is 6.21. The summed E-state index contributed by atoms with van der Waals surface area (Å²) in [6, 6.07) is 8.90. The molecule has 4 nitrogen and oxygen atoms in total. The third-order valence-corrected chi connectivity index (χ3v) is 3.85. The van der Waals surface area contributed by atoms with E-state index >= 15 is 0 Å². The van der Waals surface area contributed by atoms with Crippen molar-refractivity contribution in [3.05, 3.63) is 35.4 Å². The van der Waals surface area contributed by atoms with E-state index in [0.29, 0.717) is 23.0 Å². The van der Waals surface area contributed by atoms with E-state index < -0.39 is 0 Å². The van der Waals surface area contributed by atoms with Crippen LogP contribution in [0.3, 0.4) is 0 Å². The lowest BCUT2D eigenvalue weighted by molar-refractivity contribution is -0.115. The minimum atomic E-state index is -0.239. The lowest BCUT2D eigenvalue weighted by Gasteiger charge is -2.04. The minimum Gasteiger partial charge on any atom is -0.338 e. The minimum absolute atomic E-state index is 0.152. The van der Waals surface area contributed by atoms with Crippen LogP contribution in [-0.4, -0.2) is 15.9 Å². The SMILES string of the molecule is CCC(Br)C(=O)Nc1cc(-c2ccc(Cl)cc2)no1. The summed E-state index contributed by atoms with van der Waals surface area (Å²) in [5.74, 6) is 0.175. The van der Waals surface area contributed by atoms with Crippen LogP contribution in [0, 0.1) is 0 Å². The van der Waals surface area contributed by atoms with E-state index in [2.05, 4.69) is 26.4 Å². The fraction of sp³-hybridized carbons (Fsp3) is 0.231. The molecule has 0 fully saturated rings. The van der Waals surface area contributed by atoms with Crippen molar-refractivity contribution in [3.8, 4) is 11.3 Å². The zero-order chi connectivity index (χ0) is 13.8. The highest BCUT2D eigenvalue weighted by atomic mass is 79.9. The summed E-state index contributed by atoms with van der Waals surface area (Å²) >= 11 is 9.09. The van der Waals surface area contributed by atoms with Gasteiger partial charge in [-0.2, -0.15) is 0 Å². The Morgan fingerprint density at radius 3 is 2.79 bits per heavy atom. The maximum atomic E-state index is 11.7. The Bertz CT molecular complexity index is 568. The van der Waals surface area contributed by atoms with Gasteiger partial charge in [0.25, 0.3) is 0 Å². The fourth-order valence-corrected chi connectivity index (χ4v) is 1.72. The van der Waals surface area contributed by atoms with Crippen LogP contribution in [0.2, 0.25) is 5.02 Å². The van der Waals surface area contributed by atoms with Crippen LogP contribution in [0.4, 0.5) is 5.88 Å². The molecule has 0 bridgehead atoms. The van der Waals surface area contributed by atoms with Crippen molar-refractivity contribution in [3.63, 3.8) is 0 Å². The van der Waals surface area contributed by atoms with E-state index in [1.54, 1.807) is 18.2 Å². The molecular weight excluding hydrogens is 332 g/mol. The highest BCUT2D eigenvalue weighted by molar-refractivity contribution is 9.10. The molecule has 1 aromatic carbocycles. The molecule has 0 saturated heterocycles. The number of nitrogens with one attached hydrogen (secondary N) is 1. The Labute approximate surface area is 124 Å². The number of benzene rings is 1. The third kappa shape index (κ3) is 3.58. The predicted octanol–water partition coefficient (Wildman–Crippen LogP) is 4.11. The van der Waals surface area contributed by atoms with Gasteiger partial charge < -0.3 is 4.52 Å². The maximum absolute atomic E-state index is 11.7. The molecule has 19 heavy (non-hydrogen) atoms. The number of hydrogen-bond donors (Lipinski definition) is 1. The first-order valence-corrected chi connectivity index (χ1v) is 7.07. The molecule has 1 aromatic heterocycles. The highest BCUT2D eigenvalue weighted by Gasteiger charge is 2.15. The summed E-state index contributed by atoms with van der Waals surface area (Å²) in [6.07, 6.45) is 0.698. The number of carbonyl (C=O) groups is 1. The summed E-state index contributed by atoms with van der Waals surface area (Å²) in [7, 11) is 0. The van der Waals surface area contributed by atoms with Gasteiger partial charge in [0.15, 0.2) is 0 Å². The maximum Gasteiger partial charge on any atom is 0.240 e. The van der Waals surface area contributed by atoms with Gasteiger partial charge in [-0.25, -0.2) is 0 Å². The van der Waals surface area contributed by atoms with Crippen molar-refractivity contribution >= 4 is 39.3 Å². The first-order valence-electron chi connectivity index (χ1n) is 5.77. The Hall–Kier alpha value is -1.33. The number of hydrogen-bond acceptors (Lipinski definition) is 3. The van der Waals surface area contributed by atoms with E-state index in [1.165, 1.54) is 0 Å². The second-order valence-corrected chi connectivity index (χ2v) is 5.49. The molecule has 0 spiro atoms. The molecule has 1 unspecified atom stereocenters. The fourth-order valence-electron chi connectivity index (χ4n) is 1.48. The molecule has 1 N–H and O–H groups in total. The average Bonchev–Trinajstić information content (AvgIpc) is 2.87. The lowest BCUT2D eigenvalue weighted by atomic mass is 10.1. The van der Waals surface area contributed by atoms with Crippen molar-refractivity contribution in [2.45, 2.75) is 18.2 Å². The van der Waals surface area contributed by atoms with E-state index in [9.17, 15) is 4.79 Å². The largest absolute Gasteiger partial charge is 0.338 e. The van der Waals surface area contributed by atoms with Crippen LogP contribution in [0.1, 0.15) is 13.3 Å². The van der Waals surface area contributed by atoms with Crippen LogP contribution in [0.5, 0.6) is 0 Å². The van der Waals surface area contributed by atoms with Crippen LogP contribution in [0.25, 0.3) is 11.3 Å². The molecule has 0 aliphatic heterocycles. The van der Waals surface area contributed by atoms with Gasteiger partial charge in [0.1, 0.15) is 5.69 Å². The molecule has 0 aliphatic rings. The molecule has 100 valence electrons. The monoisotopic (exact) mass is 342 g/mol. The Morgan fingerprint density at radius 2 is 2.16 bits per heavy atom. The summed E-state index contributed by atoms with van der Waals surface area (Å²) < 4.78 is 5.08. The van der Waals surface area contributed by atoms with Crippen LogP contribution < -0.4 is 5.32 Å². The standard InChI is InChI=1S/C13H12BrClN2O2/c1-2-10(14)13(18)16-12-7-11(17-19-12)8-3-5-9(15)6-4-8/h3-7,10H,2H2,1H3,(H,16,18). The number of alkyl halides is 1. The molecule has 1 amide bonds. The summed E-state index contributed by atoms with van der Waals surface area (Å²) in [5.41, 5.74) is 1.52. The zero-order valence-electron chi connectivity index (χ0n) is 10.2. The number of nitrogens with zero attached hydrogens (tertiary/aromatic N) is 1. The third-order valence-electron chi connectivity index (χ3n) is 2.54. The van der Waals surface area contributed by atoms with E-state index in [0.717, 1.165) is 5.56 Å². The molecule has 6 heteroatoms. The lowest BCUT2D eigenvalue weighted by Crippen LogP contribution is -2.21. The molecule has 1 heterocycles. The smallest absolute Gasteiger partial charge is 0.240 e. The second-order valence-electron chi connectivity index (χ2n) is 3.95. The normalized spacial score (nSPS) is 12.2. The quantitative estimate of drug-likeness (QED) is 0.850. The van der Waals surface area contributed by atoms with Gasteiger partial charge in [-0.3, -0.25) is 10.1 Å². The average molecular weight is 344 g/mol. The van der Waals surface area contributed by atoms with Crippen LogP contribution in [0.15, 0.2) is 34.9 Å². The van der Waals surface area contributed by atoms with Crippen molar-refractivity contribution in [1.82, 2.24) is 5.16 Å². The van der Waals surface area contributed by atoms with E-state index in [1.807, 2.05) is 19.1 Å². The number of aromatic nitrogens is 1. The van der Waals surface area contributed by atoms with Gasteiger partial charge >= 0.3 is 0 Å². The Morgan fingerprint density at radius 1 is 1.47 bits per heavy atom. The molecule has 0 saturated carbocycles. The first kappa shape index (κ1) is 14.1. The van der Waals surface area contributed by atoms with Gasteiger partial charge in [0.2, 0.25) is 11.8 Å². The number of halogens is 2. The van der Waals surface area contributed by atoms with Crippen LogP contribution in [-0.2, 0) is 4.79 Å². The van der Waals surface area contributed by atoms with Crippen molar-refractivity contribution < 1.29 is 9.32 Å². The highest BCUT2D eigenvalue weighted by Crippen LogP contribution is 2.23. The van der Waals surface area contributed by atoms with Crippen molar-refractivity contribution in [2.75, 3.05) is 5.32 Å². The van der Waals surface area contributed by atoms with Crippen molar-refractivity contribution in [1.29, 1.82) is 0 Å². The Kier molecular flexibility index (Phi) is 4.61. The van der Waals surface area contributed by atoms with E-state index in [4.69, 9.17) is 16.1 Å². The van der Waals surface area contributed by atoms with Gasteiger partial charge in [0.05, 0.1) is 4.83 Å². The summed E-state index contributed by atoms with van der Waals surface area (Å²) in [6.45, 7) is 1.92. The van der Waals surface area contributed by atoms with Gasteiger partial charge in [-0.05, 0) is 18.6 Å². The van der Waals surface area contributed by atoms with Gasteiger partial charge in [-0.15, -0.1) is 0 Å². The van der Waals surface area contributed by atoms with E-state index in [-0.39, 0.29) is 10.7 Å². The summed E-state index contributed by atoms with van der Waals surface area (Å²) in [5, 5.41) is 7.22. The molecule has 0 aliphatic carbocycles. The molecular formula is C13H12BrClN2O2. The zero-order valence-corrected chi connectivity index (χ0v) is 12.5. The molecule has 0 radical (unpaired) electrons. The number of rotatable bonds is 4. The van der Waals surface area contributed by atoms with Crippen molar-refractivity contribution in [2.24, 2.45) is 0 Å². The summed E-state index contributed by atoms with van der Waals surface area (Å²) in [4.78, 5) is 11.4. The number of carbonyl (C=O) groups excluding carboxylic acids is 1. The number of anilines is 1. The number of amides is 1. The molecule has 2 aromatic rings. The van der Waals surface area contributed by atoms with Gasteiger partial charge in [-0.1, -0.05) is 51.7 Å². The predicted molar refractivity (Wildman–Crippen MR) is 78.6 cm³/mol. The molecule has 2 rings (SSSR count). The van der Waals surface area contributed by atoms with Crippen LogP contribution >= 0.6 is 27.5 Å². The Balaban J connectivity index is 2.11. The first-order chi connectivity index (χ1) is 9.10.